The van der Waals surface area contributed by atoms with Crippen molar-refractivity contribution < 1.29 is 27.2 Å². The Labute approximate surface area is 175 Å². The third-order valence-electron chi connectivity index (χ3n) is 5.05. The topological polar surface area (TPSA) is 49.4 Å². The zero-order valence-corrected chi connectivity index (χ0v) is 17.2. The monoisotopic (exact) mass is 442 g/mol. The Balaban J connectivity index is 2.04. The van der Waals surface area contributed by atoms with Gasteiger partial charge in [0.2, 0.25) is 5.91 Å². The van der Waals surface area contributed by atoms with E-state index in [0.717, 1.165) is 72.6 Å². The number of aryl methyl sites for hydroxylation is 1. The van der Waals surface area contributed by atoms with Crippen LogP contribution in [0, 0.1) is 12.7 Å². The molecule has 0 aliphatic heterocycles. The van der Waals surface area contributed by atoms with Crippen LogP contribution in [0.1, 0.15) is 47.9 Å². The molecule has 1 aliphatic rings. The molecule has 0 radical (unpaired) electrons. The molecule has 0 spiro atoms. The standard InChI is InChI=1S/C21H22F4N2O2S/c1-13-7-12-17(30-13)18(19(28)26-15-5-3-2-4-6-15)27(20(29)21(23,24)25)16-10-8-14(22)9-11-16/h7-12,15,18H,2-6H2,1H3,(H,26,28). The molecular weight excluding hydrogens is 420 g/mol. The molecule has 9 heteroatoms. The Morgan fingerprint density at radius 3 is 2.23 bits per heavy atom. The smallest absolute Gasteiger partial charge is 0.351 e. The van der Waals surface area contributed by atoms with E-state index in [4.69, 9.17) is 0 Å². The first kappa shape index (κ1) is 22.3. The number of hydrogen-bond acceptors (Lipinski definition) is 3. The van der Waals surface area contributed by atoms with Crippen LogP contribution in [0.4, 0.5) is 23.2 Å². The van der Waals surface area contributed by atoms with Crippen LogP contribution in [-0.4, -0.2) is 24.0 Å². The Kier molecular flexibility index (Phi) is 6.80. The van der Waals surface area contributed by atoms with Crippen LogP contribution in [0.15, 0.2) is 36.4 Å². The van der Waals surface area contributed by atoms with Gasteiger partial charge >= 0.3 is 12.1 Å². The summed E-state index contributed by atoms with van der Waals surface area (Å²) in [4.78, 5) is 27.1. The summed E-state index contributed by atoms with van der Waals surface area (Å²) in [6, 6.07) is 5.63. The number of hydrogen-bond donors (Lipinski definition) is 1. The number of rotatable bonds is 5. The summed E-state index contributed by atoms with van der Waals surface area (Å²) in [5.41, 5.74) is -0.200. The zero-order valence-electron chi connectivity index (χ0n) is 16.3. The van der Waals surface area contributed by atoms with E-state index in [2.05, 4.69) is 5.32 Å². The van der Waals surface area contributed by atoms with E-state index in [1.165, 1.54) is 0 Å². The molecule has 0 saturated heterocycles. The van der Waals surface area contributed by atoms with Gasteiger partial charge in [0.1, 0.15) is 5.82 Å². The summed E-state index contributed by atoms with van der Waals surface area (Å²) in [5, 5.41) is 2.83. The van der Waals surface area contributed by atoms with Crippen molar-refractivity contribution in [2.24, 2.45) is 0 Å². The lowest BCUT2D eigenvalue weighted by atomic mass is 9.95. The number of nitrogens with zero attached hydrogens (tertiary/aromatic N) is 1. The van der Waals surface area contributed by atoms with E-state index in [1.807, 2.05) is 0 Å². The normalized spacial score (nSPS) is 16.2. The molecule has 4 nitrogen and oxygen atoms in total. The lowest BCUT2D eigenvalue weighted by Crippen LogP contribution is -2.50. The van der Waals surface area contributed by atoms with Crippen LogP contribution < -0.4 is 10.2 Å². The van der Waals surface area contributed by atoms with Gasteiger partial charge in [-0.15, -0.1) is 11.3 Å². The largest absolute Gasteiger partial charge is 0.471 e. The van der Waals surface area contributed by atoms with Crippen molar-refractivity contribution in [2.45, 2.75) is 57.3 Å². The second kappa shape index (κ2) is 9.16. The SMILES string of the molecule is Cc1ccc(C(C(=O)NC2CCCCC2)N(C(=O)C(F)(F)F)c2ccc(F)cc2)s1. The van der Waals surface area contributed by atoms with Crippen LogP contribution in [0.2, 0.25) is 0 Å². The van der Waals surface area contributed by atoms with Gasteiger partial charge in [-0.05, 0) is 56.2 Å². The molecule has 1 fully saturated rings. The molecule has 0 bridgehead atoms. The van der Waals surface area contributed by atoms with Gasteiger partial charge in [0.25, 0.3) is 0 Å². The second-order valence-electron chi connectivity index (χ2n) is 7.34. The first-order valence-electron chi connectivity index (χ1n) is 9.69. The summed E-state index contributed by atoms with van der Waals surface area (Å²) in [6.45, 7) is 1.76. The zero-order chi connectivity index (χ0) is 21.9. The molecule has 1 aromatic heterocycles. The third-order valence-corrected chi connectivity index (χ3v) is 6.11. The Morgan fingerprint density at radius 2 is 1.70 bits per heavy atom. The minimum Gasteiger partial charge on any atom is -0.351 e. The number of nitrogens with one attached hydrogen (secondary N) is 1. The van der Waals surface area contributed by atoms with Crippen LogP contribution in [0.5, 0.6) is 0 Å². The van der Waals surface area contributed by atoms with Gasteiger partial charge in [-0.1, -0.05) is 19.3 Å². The Hall–Kier alpha value is -2.42. The average molecular weight is 442 g/mol. The van der Waals surface area contributed by atoms with Crippen molar-refractivity contribution in [1.82, 2.24) is 5.32 Å². The van der Waals surface area contributed by atoms with Crippen LogP contribution in [0.25, 0.3) is 0 Å². The van der Waals surface area contributed by atoms with E-state index in [-0.39, 0.29) is 11.7 Å². The summed E-state index contributed by atoms with van der Waals surface area (Å²) in [7, 11) is 0. The molecule has 1 unspecified atom stereocenters. The first-order chi connectivity index (χ1) is 14.2. The predicted molar refractivity (Wildman–Crippen MR) is 107 cm³/mol. The lowest BCUT2D eigenvalue weighted by Gasteiger charge is -2.33. The predicted octanol–water partition coefficient (Wildman–Crippen LogP) is 5.28. The fourth-order valence-electron chi connectivity index (χ4n) is 3.62. The number of anilines is 1. The summed E-state index contributed by atoms with van der Waals surface area (Å²) < 4.78 is 53.8. The minimum absolute atomic E-state index is 0.147. The maximum absolute atomic E-state index is 13.5. The maximum Gasteiger partial charge on any atom is 0.471 e. The van der Waals surface area contributed by atoms with E-state index in [1.54, 1.807) is 19.1 Å². The fourth-order valence-corrected chi connectivity index (χ4v) is 4.59. The van der Waals surface area contributed by atoms with Gasteiger partial charge in [-0.3, -0.25) is 14.5 Å². The highest BCUT2D eigenvalue weighted by Gasteiger charge is 2.48. The summed E-state index contributed by atoms with van der Waals surface area (Å²) in [5.74, 6) is -3.51. The van der Waals surface area contributed by atoms with Gasteiger partial charge in [-0.25, -0.2) is 4.39 Å². The number of carbonyl (C=O) groups excluding carboxylic acids is 2. The first-order valence-corrected chi connectivity index (χ1v) is 10.5. The molecule has 2 amide bonds. The van der Waals surface area contributed by atoms with Crippen LogP contribution >= 0.6 is 11.3 Å². The maximum atomic E-state index is 13.5. The number of amides is 2. The molecule has 3 rings (SSSR count). The highest BCUT2D eigenvalue weighted by atomic mass is 32.1. The van der Waals surface area contributed by atoms with Gasteiger partial charge in [0.15, 0.2) is 6.04 Å². The third kappa shape index (κ3) is 5.19. The van der Waals surface area contributed by atoms with Crippen molar-refractivity contribution in [3.05, 3.63) is 52.0 Å². The fraction of sp³-hybridized carbons (Fsp3) is 0.429. The van der Waals surface area contributed by atoms with Gasteiger partial charge in [0, 0.05) is 21.5 Å². The highest BCUT2D eigenvalue weighted by Crippen LogP contribution is 2.36. The summed E-state index contributed by atoms with van der Waals surface area (Å²) in [6.07, 6.45) is -0.816. The van der Waals surface area contributed by atoms with Crippen molar-refractivity contribution in [3.63, 3.8) is 0 Å². The van der Waals surface area contributed by atoms with Gasteiger partial charge in [-0.2, -0.15) is 13.2 Å². The summed E-state index contributed by atoms with van der Waals surface area (Å²) >= 11 is 1.14. The number of alkyl halides is 3. The van der Waals surface area contributed by atoms with E-state index in [9.17, 15) is 27.2 Å². The van der Waals surface area contributed by atoms with Crippen LogP contribution in [0.3, 0.4) is 0 Å². The van der Waals surface area contributed by atoms with E-state index >= 15 is 0 Å². The quantitative estimate of drug-likeness (QED) is 0.641. The Bertz CT molecular complexity index is 889. The molecule has 162 valence electrons. The van der Waals surface area contributed by atoms with Crippen molar-refractivity contribution in [3.8, 4) is 0 Å². The molecule has 1 N–H and O–H groups in total. The molecule has 1 saturated carbocycles. The van der Waals surface area contributed by atoms with Gasteiger partial charge < -0.3 is 5.32 Å². The Morgan fingerprint density at radius 1 is 1.07 bits per heavy atom. The van der Waals surface area contributed by atoms with Crippen molar-refractivity contribution in [1.29, 1.82) is 0 Å². The highest BCUT2D eigenvalue weighted by molar-refractivity contribution is 7.12. The molecule has 1 aromatic carbocycles. The van der Waals surface area contributed by atoms with Crippen LogP contribution in [-0.2, 0) is 9.59 Å². The number of halogens is 4. The second-order valence-corrected chi connectivity index (χ2v) is 8.66. The van der Waals surface area contributed by atoms with Gasteiger partial charge in [0.05, 0.1) is 0 Å². The van der Waals surface area contributed by atoms with Crippen molar-refractivity contribution in [2.75, 3.05) is 4.90 Å². The minimum atomic E-state index is -5.20. The van der Waals surface area contributed by atoms with E-state index < -0.39 is 29.8 Å². The molecule has 2 aromatic rings. The molecule has 1 atom stereocenters. The number of thiophene rings is 1. The number of carbonyl (C=O) groups is 2. The lowest BCUT2D eigenvalue weighted by molar-refractivity contribution is -0.171. The number of benzene rings is 1. The van der Waals surface area contributed by atoms with Crippen molar-refractivity contribution >= 4 is 28.8 Å². The molecule has 1 aliphatic carbocycles. The average Bonchev–Trinajstić information content (AvgIpc) is 3.12. The molecule has 30 heavy (non-hydrogen) atoms. The van der Waals surface area contributed by atoms with E-state index in [0.29, 0.717) is 9.78 Å². The molecule has 1 heterocycles. The molecular formula is C21H22F4N2O2S.